The third kappa shape index (κ3) is 4.96. The number of aliphatic imine (C=N–C) groups is 1. The fourth-order valence-corrected chi connectivity index (χ4v) is 2.50. The second-order valence-electron chi connectivity index (χ2n) is 6.00. The summed E-state index contributed by atoms with van der Waals surface area (Å²) in [5.74, 6) is 1.68. The van der Waals surface area contributed by atoms with E-state index in [1.165, 1.54) is 5.56 Å². The molecule has 3 heteroatoms. The van der Waals surface area contributed by atoms with E-state index < -0.39 is 0 Å². The van der Waals surface area contributed by atoms with Gasteiger partial charge in [-0.15, -0.1) is 0 Å². The third-order valence-electron chi connectivity index (χ3n) is 3.93. The molecule has 0 saturated heterocycles. The Morgan fingerprint density at radius 3 is 2.31 bits per heavy atom. The lowest BCUT2D eigenvalue weighted by Gasteiger charge is -2.09. The van der Waals surface area contributed by atoms with Crippen LogP contribution in [0, 0.1) is 6.92 Å². The van der Waals surface area contributed by atoms with Crippen LogP contribution < -0.4 is 9.47 Å². The first-order chi connectivity index (χ1) is 12.7. The first kappa shape index (κ1) is 17.7. The zero-order valence-electron chi connectivity index (χ0n) is 15.2. The normalized spacial score (nSPS) is 10.8. The van der Waals surface area contributed by atoms with Crippen molar-refractivity contribution in [2.45, 2.75) is 20.5 Å². The Labute approximate surface area is 154 Å². The number of hydrogen-bond acceptors (Lipinski definition) is 3. The van der Waals surface area contributed by atoms with Crippen molar-refractivity contribution in [2.75, 3.05) is 6.61 Å². The average molecular weight is 345 g/mol. The van der Waals surface area contributed by atoms with E-state index in [1.807, 2.05) is 61.7 Å². The van der Waals surface area contributed by atoms with Gasteiger partial charge in [0.25, 0.3) is 0 Å². The van der Waals surface area contributed by atoms with Crippen molar-refractivity contribution in [1.29, 1.82) is 0 Å². The van der Waals surface area contributed by atoms with E-state index in [4.69, 9.17) is 9.47 Å². The second-order valence-corrected chi connectivity index (χ2v) is 6.00. The summed E-state index contributed by atoms with van der Waals surface area (Å²) in [4.78, 5) is 4.54. The highest BCUT2D eigenvalue weighted by Gasteiger charge is 2.02. The van der Waals surface area contributed by atoms with Gasteiger partial charge in [-0.1, -0.05) is 42.0 Å². The van der Waals surface area contributed by atoms with Crippen LogP contribution in [0.5, 0.6) is 11.5 Å². The lowest BCUT2D eigenvalue weighted by molar-refractivity contribution is 0.306. The van der Waals surface area contributed by atoms with E-state index in [1.54, 1.807) is 0 Å². The average Bonchev–Trinajstić information content (AvgIpc) is 2.68. The molecule has 0 aliphatic rings. The van der Waals surface area contributed by atoms with Crippen LogP contribution in [0.15, 0.2) is 77.8 Å². The van der Waals surface area contributed by atoms with Gasteiger partial charge in [0.1, 0.15) is 18.1 Å². The summed E-state index contributed by atoms with van der Waals surface area (Å²) in [5.41, 5.74) is 4.22. The molecule has 3 rings (SSSR count). The minimum Gasteiger partial charge on any atom is -0.494 e. The van der Waals surface area contributed by atoms with Crippen LogP contribution in [-0.4, -0.2) is 12.8 Å². The standard InChI is InChI=1S/C23H23NO2/c1-3-25-22-14-12-21(13-15-22)24-16-20-6-4-5-7-23(20)26-17-19-10-8-18(2)9-11-19/h4-16H,3,17H2,1-2H3. The van der Waals surface area contributed by atoms with Crippen LogP contribution >= 0.6 is 0 Å². The van der Waals surface area contributed by atoms with Crippen molar-refractivity contribution < 1.29 is 9.47 Å². The van der Waals surface area contributed by atoms with E-state index in [9.17, 15) is 0 Å². The van der Waals surface area contributed by atoms with E-state index in [2.05, 4.69) is 36.2 Å². The molecule has 0 aromatic heterocycles. The fraction of sp³-hybridized carbons (Fsp3) is 0.174. The number of benzene rings is 3. The van der Waals surface area contributed by atoms with Crippen molar-refractivity contribution >= 4 is 11.9 Å². The lowest BCUT2D eigenvalue weighted by atomic mass is 10.1. The molecule has 3 nitrogen and oxygen atoms in total. The molecule has 3 aromatic carbocycles. The molecule has 0 atom stereocenters. The molecule has 0 aliphatic carbocycles. The van der Waals surface area contributed by atoms with Gasteiger partial charge in [-0.3, -0.25) is 4.99 Å². The van der Waals surface area contributed by atoms with E-state index in [-0.39, 0.29) is 0 Å². The summed E-state index contributed by atoms with van der Waals surface area (Å²) in [7, 11) is 0. The van der Waals surface area contributed by atoms with Crippen LogP contribution in [0.4, 0.5) is 5.69 Å². The maximum Gasteiger partial charge on any atom is 0.128 e. The molecular weight excluding hydrogens is 322 g/mol. The summed E-state index contributed by atoms with van der Waals surface area (Å²) >= 11 is 0. The lowest BCUT2D eigenvalue weighted by Crippen LogP contribution is -1.98. The first-order valence-corrected chi connectivity index (χ1v) is 8.79. The maximum atomic E-state index is 5.99. The van der Waals surface area contributed by atoms with Gasteiger partial charge in [0, 0.05) is 11.8 Å². The maximum absolute atomic E-state index is 5.99. The largest absolute Gasteiger partial charge is 0.494 e. The molecule has 0 amide bonds. The quantitative estimate of drug-likeness (QED) is 0.513. The van der Waals surface area contributed by atoms with Crippen LogP contribution in [-0.2, 0) is 6.61 Å². The Kier molecular flexibility index (Phi) is 6.05. The van der Waals surface area contributed by atoms with E-state index in [0.29, 0.717) is 13.2 Å². The smallest absolute Gasteiger partial charge is 0.128 e. The number of rotatable bonds is 7. The highest BCUT2D eigenvalue weighted by atomic mass is 16.5. The SMILES string of the molecule is CCOc1ccc(N=Cc2ccccc2OCc2ccc(C)cc2)cc1. The predicted octanol–water partition coefficient (Wildman–Crippen LogP) is 5.72. The number of aryl methyl sites for hydroxylation is 1. The first-order valence-electron chi connectivity index (χ1n) is 8.79. The molecule has 0 fully saturated rings. The fourth-order valence-electron chi connectivity index (χ4n) is 2.50. The second kappa shape index (κ2) is 8.86. The topological polar surface area (TPSA) is 30.8 Å². The number of hydrogen-bond donors (Lipinski definition) is 0. The van der Waals surface area contributed by atoms with Gasteiger partial charge in [0.15, 0.2) is 0 Å². The van der Waals surface area contributed by atoms with Gasteiger partial charge in [-0.2, -0.15) is 0 Å². The van der Waals surface area contributed by atoms with Crippen molar-refractivity contribution in [3.05, 3.63) is 89.5 Å². The molecule has 132 valence electrons. The van der Waals surface area contributed by atoms with Crippen molar-refractivity contribution in [2.24, 2.45) is 4.99 Å². The van der Waals surface area contributed by atoms with Gasteiger partial charge in [-0.25, -0.2) is 0 Å². The Bertz CT molecular complexity index is 852. The molecule has 0 aliphatic heterocycles. The molecule has 0 heterocycles. The van der Waals surface area contributed by atoms with Gasteiger partial charge in [-0.05, 0) is 55.8 Å². The molecule has 0 bridgehead atoms. The van der Waals surface area contributed by atoms with Gasteiger partial charge in [0.2, 0.25) is 0 Å². The highest BCUT2D eigenvalue weighted by Crippen LogP contribution is 2.21. The Morgan fingerprint density at radius 2 is 1.58 bits per heavy atom. The summed E-state index contributed by atoms with van der Waals surface area (Å²) in [5, 5.41) is 0. The van der Waals surface area contributed by atoms with Crippen LogP contribution in [0.25, 0.3) is 0 Å². The Balaban J connectivity index is 1.69. The van der Waals surface area contributed by atoms with Crippen LogP contribution in [0.1, 0.15) is 23.6 Å². The zero-order chi connectivity index (χ0) is 18.2. The number of ether oxygens (including phenoxy) is 2. The highest BCUT2D eigenvalue weighted by molar-refractivity contribution is 5.85. The minimum atomic E-state index is 0.536. The van der Waals surface area contributed by atoms with Gasteiger partial charge in [0.05, 0.1) is 12.3 Å². The minimum absolute atomic E-state index is 0.536. The van der Waals surface area contributed by atoms with Crippen LogP contribution in [0.2, 0.25) is 0 Å². The molecule has 0 N–H and O–H groups in total. The van der Waals surface area contributed by atoms with E-state index >= 15 is 0 Å². The van der Waals surface area contributed by atoms with Crippen molar-refractivity contribution in [1.82, 2.24) is 0 Å². The van der Waals surface area contributed by atoms with Gasteiger partial charge >= 0.3 is 0 Å². The summed E-state index contributed by atoms with van der Waals surface area (Å²) in [6, 6.07) is 24.0. The number of nitrogens with zero attached hydrogens (tertiary/aromatic N) is 1. The summed E-state index contributed by atoms with van der Waals surface area (Å²) in [6.07, 6.45) is 1.83. The molecule has 0 unspecified atom stereocenters. The summed E-state index contributed by atoms with van der Waals surface area (Å²) < 4.78 is 11.4. The molecule has 0 spiro atoms. The van der Waals surface area contributed by atoms with Crippen LogP contribution in [0.3, 0.4) is 0 Å². The van der Waals surface area contributed by atoms with Gasteiger partial charge < -0.3 is 9.47 Å². The monoisotopic (exact) mass is 345 g/mol. The Morgan fingerprint density at radius 1 is 0.846 bits per heavy atom. The van der Waals surface area contributed by atoms with E-state index in [0.717, 1.165) is 28.3 Å². The number of para-hydroxylation sites is 1. The van der Waals surface area contributed by atoms with Crippen molar-refractivity contribution in [3.63, 3.8) is 0 Å². The molecule has 26 heavy (non-hydrogen) atoms. The zero-order valence-corrected chi connectivity index (χ0v) is 15.2. The molecular formula is C23H23NO2. The third-order valence-corrected chi connectivity index (χ3v) is 3.93. The predicted molar refractivity (Wildman–Crippen MR) is 107 cm³/mol. The molecule has 3 aromatic rings. The molecule has 0 saturated carbocycles. The molecule has 0 radical (unpaired) electrons. The summed E-state index contributed by atoms with van der Waals surface area (Å²) in [6.45, 7) is 5.25. The Hall–Kier alpha value is -3.07. The van der Waals surface area contributed by atoms with Crippen molar-refractivity contribution in [3.8, 4) is 11.5 Å².